The molecule has 0 aliphatic carbocycles. The zero-order valence-corrected chi connectivity index (χ0v) is 7.29. The predicted octanol–water partition coefficient (Wildman–Crippen LogP) is 0.862. The minimum Gasteiger partial charge on any atom is -0.399 e. The summed E-state index contributed by atoms with van der Waals surface area (Å²) in [5, 5.41) is 2.58. The van der Waals surface area contributed by atoms with Crippen LogP contribution in [0.5, 0.6) is 0 Å². The molecule has 0 unspecified atom stereocenters. The molecule has 1 aromatic rings. The first-order valence-corrected chi connectivity index (χ1v) is 3.95. The Morgan fingerprint density at radius 1 is 1.46 bits per heavy atom. The van der Waals surface area contributed by atoms with Gasteiger partial charge in [-0.05, 0) is 11.1 Å². The summed E-state index contributed by atoms with van der Waals surface area (Å²) in [5.74, 6) is 0. The van der Waals surface area contributed by atoms with Crippen molar-refractivity contribution in [2.45, 2.75) is 6.54 Å². The number of nitrogens with two attached hydrogens (primary N) is 1. The largest absolute Gasteiger partial charge is 0.399 e. The first-order chi connectivity index (χ1) is 6.24. The van der Waals surface area contributed by atoms with Gasteiger partial charge in [0, 0.05) is 12.2 Å². The standard InChI is InChI=1S/C10H12N2O/c1-8(11)10-4-2-9(3-5-10)6-12-7-13/h2-5,7H,1,6,11H2,(H,12,13). The van der Waals surface area contributed by atoms with Crippen molar-refractivity contribution in [2.75, 3.05) is 0 Å². The molecule has 0 saturated carbocycles. The summed E-state index contributed by atoms with van der Waals surface area (Å²) in [6.07, 6.45) is 0.676. The van der Waals surface area contributed by atoms with Gasteiger partial charge in [-0.1, -0.05) is 30.8 Å². The Morgan fingerprint density at radius 2 is 2.08 bits per heavy atom. The molecule has 13 heavy (non-hydrogen) atoms. The molecule has 0 bridgehead atoms. The maximum Gasteiger partial charge on any atom is 0.207 e. The first-order valence-electron chi connectivity index (χ1n) is 3.95. The fraction of sp³-hybridized carbons (Fsp3) is 0.100. The van der Waals surface area contributed by atoms with E-state index in [-0.39, 0.29) is 0 Å². The number of carbonyl (C=O) groups excluding carboxylic acids is 1. The number of benzene rings is 1. The molecule has 3 N–H and O–H groups in total. The third-order valence-corrected chi connectivity index (χ3v) is 1.71. The van der Waals surface area contributed by atoms with E-state index in [1.165, 1.54) is 0 Å². The number of hydrogen-bond donors (Lipinski definition) is 2. The number of carbonyl (C=O) groups is 1. The Kier molecular flexibility index (Phi) is 3.09. The fourth-order valence-electron chi connectivity index (χ4n) is 0.996. The van der Waals surface area contributed by atoms with E-state index in [1.54, 1.807) is 0 Å². The lowest BCUT2D eigenvalue weighted by Gasteiger charge is -2.02. The normalized spacial score (nSPS) is 9.23. The van der Waals surface area contributed by atoms with E-state index in [0.717, 1.165) is 11.1 Å². The molecule has 1 amide bonds. The van der Waals surface area contributed by atoms with Crippen LogP contribution >= 0.6 is 0 Å². The summed E-state index contributed by atoms with van der Waals surface area (Å²) < 4.78 is 0. The third-order valence-electron chi connectivity index (χ3n) is 1.71. The molecule has 0 aliphatic heterocycles. The van der Waals surface area contributed by atoms with Crippen LogP contribution in [0.15, 0.2) is 30.8 Å². The molecule has 3 heteroatoms. The molecule has 0 saturated heterocycles. The van der Waals surface area contributed by atoms with Crippen LogP contribution in [0.2, 0.25) is 0 Å². The van der Waals surface area contributed by atoms with Gasteiger partial charge >= 0.3 is 0 Å². The molecule has 0 fully saturated rings. The van der Waals surface area contributed by atoms with E-state index in [4.69, 9.17) is 5.73 Å². The van der Waals surface area contributed by atoms with Crippen LogP contribution < -0.4 is 11.1 Å². The molecular weight excluding hydrogens is 164 g/mol. The highest BCUT2D eigenvalue weighted by atomic mass is 16.1. The molecule has 0 atom stereocenters. The molecule has 0 aliphatic rings. The second-order valence-electron chi connectivity index (χ2n) is 2.72. The lowest BCUT2D eigenvalue weighted by Crippen LogP contribution is -2.09. The van der Waals surface area contributed by atoms with Gasteiger partial charge < -0.3 is 11.1 Å². The Bertz CT molecular complexity index is 303. The molecule has 3 nitrogen and oxygen atoms in total. The third kappa shape index (κ3) is 2.63. The second kappa shape index (κ2) is 4.30. The Balaban J connectivity index is 2.69. The van der Waals surface area contributed by atoms with Crippen molar-refractivity contribution in [1.82, 2.24) is 5.32 Å². The minimum absolute atomic E-state index is 0.542. The van der Waals surface area contributed by atoms with Gasteiger partial charge in [-0.3, -0.25) is 4.79 Å². The van der Waals surface area contributed by atoms with Gasteiger partial charge in [0.05, 0.1) is 0 Å². The van der Waals surface area contributed by atoms with Crippen LogP contribution in [0.25, 0.3) is 5.70 Å². The van der Waals surface area contributed by atoms with Crippen molar-refractivity contribution < 1.29 is 4.79 Å². The maximum absolute atomic E-state index is 10.0. The van der Waals surface area contributed by atoms with Gasteiger partial charge in [-0.15, -0.1) is 0 Å². The van der Waals surface area contributed by atoms with E-state index in [0.29, 0.717) is 18.7 Å². The zero-order valence-electron chi connectivity index (χ0n) is 7.29. The van der Waals surface area contributed by atoms with Crippen LogP contribution in [-0.2, 0) is 11.3 Å². The summed E-state index contributed by atoms with van der Waals surface area (Å²) in [4.78, 5) is 10.0. The van der Waals surface area contributed by atoms with Gasteiger partial charge in [-0.2, -0.15) is 0 Å². The monoisotopic (exact) mass is 176 g/mol. The van der Waals surface area contributed by atoms with Gasteiger partial charge in [-0.25, -0.2) is 0 Å². The summed E-state index contributed by atoms with van der Waals surface area (Å²) >= 11 is 0. The highest BCUT2D eigenvalue weighted by Gasteiger charge is 1.94. The van der Waals surface area contributed by atoms with Crippen molar-refractivity contribution >= 4 is 12.1 Å². The summed E-state index contributed by atoms with van der Waals surface area (Å²) in [7, 11) is 0. The number of hydrogen-bond acceptors (Lipinski definition) is 2. The van der Waals surface area contributed by atoms with Crippen molar-refractivity contribution in [3.05, 3.63) is 42.0 Å². The summed E-state index contributed by atoms with van der Waals surface area (Å²) in [6, 6.07) is 7.57. The molecule has 68 valence electrons. The topological polar surface area (TPSA) is 55.1 Å². The lowest BCUT2D eigenvalue weighted by molar-refractivity contribution is -0.109. The SMILES string of the molecule is C=C(N)c1ccc(CNC=O)cc1. The molecule has 1 rings (SSSR count). The van der Waals surface area contributed by atoms with Gasteiger partial charge in [0.15, 0.2) is 0 Å². The molecule has 0 aromatic heterocycles. The number of rotatable bonds is 4. The highest BCUT2D eigenvalue weighted by Crippen LogP contribution is 2.08. The van der Waals surface area contributed by atoms with E-state index in [9.17, 15) is 4.79 Å². The summed E-state index contributed by atoms with van der Waals surface area (Å²) in [5.41, 5.74) is 8.00. The smallest absolute Gasteiger partial charge is 0.207 e. The van der Waals surface area contributed by atoms with Crippen LogP contribution in [0.3, 0.4) is 0 Å². The molecular formula is C10H12N2O. The Morgan fingerprint density at radius 3 is 2.54 bits per heavy atom. The number of amides is 1. The van der Waals surface area contributed by atoms with Crippen LogP contribution in [-0.4, -0.2) is 6.41 Å². The summed E-state index contributed by atoms with van der Waals surface area (Å²) in [6.45, 7) is 4.17. The quantitative estimate of drug-likeness (QED) is 0.668. The zero-order chi connectivity index (χ0) is 9.68. The number of nitrogens with one attached hydrogen (secondary N) is 1. The van der Waals surface area contributed by atoms with Crippen molar-refractivity contribution in [1.29, 1.82) is 0 Å². The second-order valence-corrected chi connectivity index (χ2v) is 2.72. The average Bonchev–Trinajstić information content (AvgIpc) is 2.15. The molecule has 0 spiro atoms. The van der Waals surface area contributed by atoms with Crippen molar-refractivity contribution in [3.8, 4) is 0 Å². The maximum atomic E-state index is 10.0. The fourth-order valence-corrected chi connectivity index (χ4v) is 0.996. The predicted molar refractivity (Wildman–Crippen MR) is 52.6 cm³/mol. The van der Waals surface area contributed by atoms with Gasteiger partial charge in [0.2, 0.25) is 6.41 Å². The Labute approximate surface area is 77.3 Å². The molecule has 0 heterocycles. The van der Waals surface area contributed by atoms with Gasteiger partial charge in [0.1, 0.15) is 0 Å². The van der Waals surface area contributed by atoms with Crippen molar-refractivity contribution in [2.24, 2.45) is 5.73 Å². The molecule has 0 radical (unpaired) electrons. The van der Waals surface area contributed by atoms with Crippen molar-refractivity contribution in [3.63, 3.8) is 0 Å². The first kappa shape index (κ1) is 9.32. The van der Waals surface area contributed by atoms with E-state index >= 15 is 0 Å². The molecule has 1 aromatic carbocycles. The highest BCUT2D eigenvalue weighted by molar-refractivity contribution is 5.60. The minimum atomic E-state index is 0.542. The van der Waals surface area contributed by atoms with Gasteiger partial charge in [0.25, 0.3) is 0 Å². The van der Waals surface area contributed by atoms with Crippen LogP contribution in [0.4, 0.5) is 0 Å². The Hall–Kier alpha value is -1.77. The van der Waals surface area contributed by atoms with Crippen LogP contribution in [0, 0.1) is 0 Å². The van der Waals surface area contributed by atoms with E-state index in [2.05, 4.69) is 11.9 Å². The van der Waals surface area contributed by atoms with Crippen LogP contribution in [0.1, 0.15) is 11.1 Å². The van der Waals surface area contributed by atoms with E-state index in [1.807, 2.05) is 24.3 Å². The van der Waals surface area contributed by atoms with E-state index < -0.39 is 0 Å². The lowest BCUT2D eigenvalue weighted by atomic mass is 10.1. The average molecular weight is 176 g/mol.